The van der Waals surface area contributed by atoms with Crippen LogP contribution in [0.5, 0.6) is 0 Å². The molecule has 0 unspecified atom stereocenters. The molecular formula is C10H14FN. The molecule has 0 amide bonds. The third-order valence-electron chi connectivity index (χ3n) is 1.92. The van der Waals surface area contributed by atoms with Crippen LogP contribution >= 0.6 is 0 Å². The first-order valence-corrected chi connectivity index (χ1v) is 4.19. The second-order valence-electron chi connectivity index (χ2n) is 2.80. The summed E-state index contributed by atoms with van der Waals surface area (Å²) in [5.74, 6) is -0.147. The van der Waals surface area contributed by atoms with Crippen molar-refractivity contribution in [1.29, 1.82) is 0 Å². The van der Waals surface area contributed by atoms with Gasteiger partial charge in [0.25, 0.3) is 0 Å². The van der Waals surface area contributed by atoms with Crippen LogP contribution in [0.1, 0.15) is 18.1 Å². The molecule has 0 spiro atoms. The SMILES string of the molecule is CCc1cc(F)ccc1CNC. The van der Waals surface area contributed by atoms with Crippen LogP contribution in [0.15, 0.2) is 18.2 Å². The monoisotopic (exact) mass is 167 g/mol. The summed E-state index contributed by atoms with van der Waals surface area (Å²) in [5.41, 5.74) is 2.27. The Morgan fingerprint density at radius 2 is 2.08 bits per heavy atom. The smallest absolute Gasteiger partial charge is 0.123 e. The lowest BCUT2D eigenvalue weighted by atomic mass is 10.1. The maximum absolute atomic E-state index is 12.8. The van der Waals surface area contributed by atoms with Gasteiger partial charge < -0.3 is 5.32 Å². The van der Waals surface area contributed by atoms with Gasteiger partial charge in [-0.2, -0.15) is 0 Å². The quantitative estimate of drug-likeness (QED) is 0.727. The number of rotatable bonds is 3. The molecule has 0 aliphatic heterocycles. The minimum atomic E-state index is -0.147. The van der Waals surface area contributed by atoms with Crippen LogP contribution in [0, 0.1) is 5.82 Å². The third-order valence-corrected chi connectivity index (χ3v) is 1.92. The standard InChI is InChI=1S/C10H14FN/c1-3-8-6-10(11)5-4-9(8)7-12-2/h4-6,12H,3,7H2,1-2H3. The molecule has 0 heterocycles. The van der Waals surface area contributed by atoms with Gasteiger partial charge in [0.15, 0.2) is 0 Å². The molecular weight excluding hydrogens is 153 g/mol. The molecule has 1 N–H and O–H groups in total. The first-order chi connectivity index (χ1) is 5.77. The van der Waals surface area contributed by atoms with Crippen LogP contribution in [-0.2, 0) is 13.0 Å². The predicted octanol–water partition coefficient (Wildman–Crippen LogP) is 2.11. The molecule has 1 rings (SSSR count). The number of halogens is 1. The van der Waals surface area contributed by atoms with E-state index in [1.165, 1.54) is 11.6 Å². The fraction of sp³-hybridized carbons (Fsp3) is 0.400. The van der Waals surface area contributed by atoms with Gasteiger partial charge in [0.05, 0.1) is 0 Å². The highest BCUT2D eigenvalue weighted by atomic mass is 19.1. The first-order valence-electron chi connectivity index (χ1n) is 4.19. The van der Waals surface area contributed by atoms with E-state index in [0.29, 0.717) is 0 Å². The van der Waals surface area contributed by atoms with Crippen molar-refractivity contribution in [2.45, 2.75) is 19.9 Å². The average Bonchev–Trinajstić information content (AvgIpc) is 2.08. The van der Waals surface area contributed by atoms with Gasteiger partial charge in [-0.1, -0.05) is 13.0 Å². The summed E-state index contributed by atoms with van der Waals surface area (Å²) in [5, 5.41) is 3.06. The Labute approximate surface area is 72.6 Å². The highest BCUT2D eigenvalue weighted by Crippen LogP contribution is 2.11. The fourth-order valence-electron chi connectivity index (χ4n) is 1.29. The van der Waals surface area contributed by atoms with Crippen LogP contribution in [0.2, 0.25) is 0 Å². The van der Waals surface area contributed by atoms with E-state index in [2.05, 4.69) is 5.32 Å². The highest BCUT2D eigenvalue weighted by Gasteiger charge is 2.00. The summed E-state index contributed by atoms with van der Waals surface area (Å²) in [7, 11) is 1.89. The van der Waals surface area contributed by atoms with Crippen molar-refractivity contribution in [3.63, 3.8) is 0 Å². The molecule has 0 aromatic heterocycles. The van der Waals surface area contributed by atoms with Gasteiger partial charge in [-0.15, -0.1) is 0 Å². The molecule has 0 saturated heterocycles. The van der Waals surface area contributed by atoms with Gasteiger partial charge in [-0.05, 0) is 36.7 Å². The van der Waals surface area contributed by atoms with E-state index in [1.807, 2.05) is 20.0 Å². The Morgan fingerprint density at radius 1 is 1.33 bits per heavy atom. The lowest BCUT2D eigenvalue weighted by Crippen LogP contribution is -2.07. The third kappa shape index (κ3) is 2.05. The largest absolute Gasteiger partial charge is 0.316 e. The summed E-state index contributed by atoms with van der Waals surface area (Å²) >= 11 is 0. The van der Waals surface area contributed by atoms with Crippen LogP contribution in [-0.4, -0.2) is 7.05 Å². The zero-order valence-corrected chi connectivity index (χ0v) is 7.52. The molecule has 0 radical (unpaired) electrons. The number of hydrogen-bond acceptors (Lipinski definition) is 1. The molecule has 2 heteroatoms. The molecule has 0 atom stereocenters. The van der Waals surface area contributed by atoms with Crippen LogP contribution in [0.4, 0.5) is 4.39 Å². The van der Waals surface area contributed by atoms with Crippen molar-refractivity contribution < 1.29 is 4.39 Å². The van der Waals surface area contributed by atoms with Gasteiger partial charge >= 0.3 is 0 Å². The van der Waals surface area contributed by atoms with Crippen molar-refractivity contribution in [1.82, 2.24) is 5.32 Å². The maximum atomic E-state index is 12.8. The number of nitrogens with one attached hydrogen (secondary N) is 1. The van der Waals surface area contributed by atoms with E-state index in [-0.39, 0.29) is 5.82 Å². The fourth-order valence-corrected chi connectivity index (χ4v) is 1.29. The minimum absolute atomic E-state index is 0.147. The van der Waals surface area contributed by atoms with Gasteiger partial charge in [0.2, 0.25) is 0 Å². The van der Waals surface area contributed by atoms with Crippen molar-refractivity contribution in [3.05, 3.63) is 35.1 Å². The second-order valence-corrected chi connectivity index (χ2v) is 2.80. The number of benzene rings is 1. The second kappa shape index (κ2) is 4.21. The molecule has 1 aromatic rings. The Morgan fingerprint density at radius 3 is 2.67 bits per heavy atom. The highest BCUT2D eigenvalue weighted by molar-refractivity contribution is 5.27. The lowest BCUT2D eigenvalue weighted by Gasteiger charge is -2.06. The molecule has 0 fully saturated rings. The summed E-state index contributed by atoms with van der Waals surface area (Å²) in [6, 6.07) is 4.95. The summed E-state index contributed by atoms with van der Waals surface area (Å²) in [4.78, 5) is 0. The van der Waals surface area contributed by atoms with E-state index < -0.39 is 0 Å². The van der Waals surface area contributed by atoms with Crippen LogP contribution < -0.4 is 5.32 Å². The Kier molecular flexibility index (Phi) is 3.23. The molecule has 0 aliphatic rings. The zero-order valence-electron chi connectivity index (χ0n) is 7.52. The maximum Gasteiger partial charge on any atom is 0.123 e. The summed E-state index contributed by atoms with van der Waals surface area (Å²) in [6.07, 6.45) is 0.884. The van der Waals surface area contributed by atoms with E-state index in [9.17, 15) is 4.39 Å². The first kappa shape index (κ1) is 9.20. The van der Waals surface area contributed by atoms with E-state index in [0.717, 1.165) is 18.5 Å². The van der Waals surface area contributed by atoms with Gasteiger partial charge in [-0.25, -0.2) is 4.39 Å². The van der Waals surface area contributed by atoms with Crippen molar-refractivity contribution in [2.75, 3.05) is 7.05 Å². The van der Waals surface area contributed by atoms with Crippen molar-refractivity contribution in [2.24, 2.45) is 0 Å². The van der Waals surface area contributed by atoms with E-state index in [1.54, 1.807) is 6.07 Å². The molecule has 0 aliphatic carbocycles. The molecule has 1 nitrogen and oxygen atoms in total. The van der Waals surface area contributed by atoms with Gasteiger partial charge in [0, 0.05) is 6.54 Å². The van der Waals surface area contributed by atoms with Crippen LogP contribution in [0.3, 0.4) is 0 Å². The lowest BCUT2D eigenvalue weighted by molar-refractivity contribution is 0.623. The number of aryl methyl sites for hydroxylation is 1. The molecule has 1 aromatic carbocycles. The summed E-state index contributed by atoms with van der Waals surface area (Å²) in [6.45, 7) is 2.84. The molecule has 12 heavy (non-hydrogen) atoms. The minimum Gasteiger partial charge on any atom is -0.316 e. The van der Waals surface area contributed by atoms with E-state index >= 15 is 0 Å². The Balaban J connectivity index is 2.94. The van der Waals surface area contributed by atoms with Gasteiger partial charge in [-0.3, -0.25) is 0 Å². The van der Waals surface area contributed by atoms with Gasteiger partial charge in [0.1, 0.15) is 5.82 Å². The molecule has 66 valence electrons. The van der Waals surface area contributed by atoms with E-state index in [4.69, 9.17) is 0 Å². The van der Waals surface area contributed by atoms with Crippen molar-refractivity contribution in [3.8, 4) is 0 Å². The average molecular weight is 167 g/mol. The predicted molar refractivity (Wildman–Crippen MR) is 48.5 cm³/mol. The number of hydrogen-bond donors (Lipinski definition) is 1. The molecule has 0 saturated carbocycles. The zero-order chi connectivity index (χ0) is 8.97. The molecule has 0 bridgehead atoms. The van der Waals surface area contributed by atoms with Crippen LogP contribution in [0.25, 0.3) is 0 Å². The Bertz CT molecular complexity index is 258. The normalized spacial score (nSPS) is 10.2. The summed E-state index contributed by atoms with van der Waals surface area (Å²) < 4.78 is 12.8. The topological polar surface area (TPSA) is 12.0 Å². The Hall–Kier alpha value is -0.890. The van der Waals surface area contributed by atoms with Crippen molar-refractivity contribution >= 4 is 0 Å².